The predicted octanol–water partition coefficient (Wildman–Crippen LogP) is 4.27. The van der Waals surface area contributed by atoms with E-state index >= 15 is 0 Å². The molecule has 1 atom stereocenters. The lowest BCUT2D eigenvalue weighted by Gasteiger charge is -2.20. The number of carbonyl (C=O) groups excluding carboxylic acids is 1. The number of methoxy groups -OCH3 is 1. The minimum atomic E-state index is -4.54. The second kappa shape index (κ2) is 9.15. The van der Waals surface area contributed by atoms with E-state index in [1.165, 1.54) is 38.3 Å². The summed E-state index contributed by atoms with van der Waals surface area (Å²) in [5.74, 6) is -0.894. The fourth-order valence-corrected chi connectivity index (χ4v) is 3.70. The van der Waals surface area contributed by atoms with Crippen molar-refractivity contribution in [2.45, 2.75) is 24.0 Å². The Morgan fingerprint density at radius 3 is 2.48 bits per heavy atom. The van der Waals surface area contributed by atoms with Crippen molar-refractivity contribution < 1.29 is 31.1 Å². The van der Waals surface area contributed by atoms with E-state index in [1.807, 2.05) is 0 Å². The van der Waals surface area contributed by atoms with Gasteiger partial charge in [-0.25, -0.2) is 8.42 Å². The third-order valence-electron chi connectivity index (χ3n) is 4.18. The number of sulfone groups is 1. The maximum absolute atomic E-state index is 13.0. The van der Waals surface area contributed by atoms with E-state index in [0.29, 0.717) is 0 Å². The highest BCUT2D eigenvalue weighted by Gasteiger charge is 2.31. The van der Waals surface area contributed by atoms with E-state index in [1.54, 1.807) is 0 Å². The summed E-state index contributed by atoms with van der Waals surface area (Å²) in [7, 11) is -2.23. The van der Waals surface area contributed by atoms with Crippen LogP contribution in [-0.4, -0.2) is 33.8 Å². The van der Waals surface area contributed by atoms with Crippen LogP contribution in [0.5, 0.6) is 0 Å². The lowest BCUT2D eigenvalue weighted by atomic mass is 10.0. The van der Waals surface area contributed by atoms with Crippen LogP contribution in [0.1, 0.15) is 34.5 Å². The quantitative estimate of drug-likeness (QED) is 0.685. The monoisotopic (exact) mass is 449 g/mol. The summed E-state index contributed by atoms with van der Waals surface area (Å²) in [6, 6.07) is 7.32. The molecule has 158 valence electrons. The topological polar surface area (TPSA) is 72.5 Å². The second-order valence-corrected chi connectivity index (χ2v) is 8.84. The minimum absolute atomic E-state index is 0.0118. The summed E-state index contributed by atoms with van der Waals surface area (Å²) in [6.07, 6.45) is -4.54. The Hall–Kier alpha value is -2.10. The van der Waals surface area contributed by atoms with Crippen LogP contribution in [0.4, 0.5) is 13.2 Å². The van der Waals surface area contributed by atoms with Crippen molar-refractivity contribution in [1.82, 2.24) is 5.32 Å². The number of ether oxygens (including phenoxy) is 1. The fourth-order valence-electron chi connectivity index (χ4n) is 2.59. The van der Waals surface area contributed by atoms with Crippen LogP contribution in [-0.2, 0) is 20.8 Å². The van der Waals surface area contributed by atoms with Crippen LogP contribution in [0.2, 0.25) is 5.02 Å². The molecule has 0 aliphatic rings. The lowest BCUT2D eigenvalue weighted by Crippen LogP contribution is -2.32. The molecule has 0 aliphatic carbocycles. The normalized spacial score (nSPS) is 13.2. The Labute approximate surface area is 171 Å². The van der Waals surface area contributed by atoms with Crippen molar-refractivity contribution in [1.29, 1.82) is 0 Å². The first-order valence-corrected chi connectivity index (χ1v) is 10.5. The second-order valence-electron chi connectivity index (χ2n) is 6.15. The van der Waals surface area contributed by atoms with Gasteiger partial charge in [-0.2, -0.15) is 13.2 Å². The molecule has 1 N–H and O–H groups in total. The Balaban J connectivity index is 2.37. The number of benzene rings is 2. The molecule has 0 radical (unpaired) electrons. The van der Waals surface area contributed by atoms with Crippen LogP contribution in [0.3, 0.4) is 0 Å². The Bertz CT molecular complexity index is 993. The standard InChI is InChI=1S/C19H19ClF3NO4S/c1-3-29(26,27)14-7-8-16(20)15(10-14)18(25)24-17(11-28-2)12-5-4-6-13(9-12)19(21,22)23/h4-10,17H,3,11H2,1-2H3,(H,24,25). The molecular formula is C19H19ClF3NO4S. The molecule has 1 unspecified atom stereocenters. The van der Waals surface area contributed by atoms with E-state index < -0.39 is 33.5 Å². The number of halogens is 4. The largest absolute Gasteiger partial charge is 0.416 e. The van der Waals surface area contributed by atoms with Crippen molar-refractivity contribution in [3.8, 4) is 0 Å². The molecule has 2 aromatic rings. The highest BCUT2D eigenvalue weighted by molar-refractivity contribution is 7.91. The summed E-state index contributed by atoms with van der Waals surface area (Å²) < 4.78 is 68.1. The van der Waals surface area contributed by atoms with Gasteiger partial charge in [-0.15, -0.1) is 0 Å². The molecule has 5 nitrogen and oxygen atoms in total. The molecule has 2 rings (SSSR count). The van der Waals surface area contributed by atoms with E-state index in [0.717, 1.165) is 18.2 Å². The van der Waals surface area contributed by atoms with Crippen molar-refractivity contribution in [3.63, 3.8) is 0 Å². The van der Waals surface area contributed by atoms with Gasteiger partial charge in [0.2, 0.25) is 0 Å². The summed E-state index contributed by atoms with van der Waals surface area (Å²) in [5, 5.41) is 2.57. The molecule has 29 heavy (non-hydrogen) atoms. The van der Waals surface area contributed by atoms with Gasteiger partial charge in [-0.1, -0.05) is 30.7 Å². The Morgan fingerprint density at radius 1 is 1.21 bits per heavy atom. The van der Waals surface area contributed by atoms with E-state index in [9.17, 15) is 26.4 Å². The molecule has 0 heterocycles. The van der Waals surface area contributed by atoms with Gasteiger partial charge in [-0.3, -0.25) is 4.79 Å². The third kappa shape index (κ3) is 5.71. The zero-order valence-electron chi connectivity index (χ0n) is 15.6. The van der Waals surface area contributed by atoms with Crippen molar-refractivity contribution >= 4 is 27.3 Å². The molecule has 1 amide bonds. The zero-order chi connectivity index (χ0) is 21.8. The first-order valence-electron chi connectivity index (χ1n) is 8.49. The summed E-state index contributed by atoms with van der Waals surface area (Å²) in [5.41, 5.74) is -0.780. The minimum Gasteiger partial charge on any atom is -0.382 e. The molecule has 0 fully saturated rings. The summed E-state index contributed by atoms with van der Waals surface area (Å²) >= 11 is 6.04. The third-order valence-corrected chi connectivity index (χ3v) is 6.24. The molecule has 2 aromatic carbocycles. The number of alkyl halides is 3. The van der Waals surface area contributed by atoms with E-state index in [-0.39, 0.29) is 33.4 Å². The lowest BCUT2D eigenvalue weighted by molar-refractivity contribution is -0.137. The molecule has 0 saturated heterocycles. The van der Waals surface area contributed by atoms with Gasteiger partial charge in [0.15, 0.2) is 9.84 Å². The SMILES string of the molecule is CCS(=O)(=O)c1ccc(Cl)c(C(=O)NC(COC)c2cccc(C(F)(F)F)c2)c1. The summed E-state index contributed by atoms with van der Waals surface area (Å²) in [6.45, 7) is 1.36. The maximum atomic E-state index is 13.0. The van der Waals surface area contributed by atoms with Gasteiger partial charge < -0.3 is 10.1 Å². The first kappa shape index (κ1) is 23.2. The number of amides is 1. The van der Waals surface area contributed by atoms with Crippen LogP contribution in [0, 0.1) is 0 Å². The highest BCUT2D eigenvalue weighted by atomic mass is 35.5. The fraction of sp³-hybridized carbons (Fsp3) is 0.316. The number of hydrogen-bond donors (Lipinski definition) is 1. The van der Waals surface area contributed by atoms with Crippen LogP contribution in [0.15, 0.2) is 47.4 Å². The highest BCUT2D eigenvalue weighted by Crippen LogP contribution is 2.31. The van der Waals surface area contributed by atoms with Gasteiger partial charge in [0.1, 0.15) is 0 Å². The molecular weight excluding hydrogens is 431 g/mol. The van der Waals surface area contributed by atoms with Gasteiger partial charge in [-0.05, 0) is 35.9 Å². The predicted molar refractivity (Wildman–Crippen MR) is 103 cm³/mol. The molecule has 10 heteroatoms. The van der Waals surface area contributed by atoms with E-state index in [2.05, 4.69) is 5.32 Å². The molecule has 0 aliphatic heterocycles. The molecule has 0 bridgehead atoms. The van der Waals surface area contributed by atoms with Crippen LogP contribution >= 0.6 is 11.6 Å². The van der Waals surface area contributed by atoms with Crippen molar-refractivity contribution in [2.24, 2.45) is 0 Å². The van der Waals surface area contributed by atoms with Gasteiger partial charge in [0.25, 0.3) is 5.91 Å². The van der Waals surface area contributed by atoms with Gasteiger partial charge in [0.05, 0.1) is 39.4 Å². The van der Waals surface area contributed by atoms with Crippen molar-refractivity contribution in [3.05, 3.63) is 64.2 Å². The smallest absolute Gasteiger partial charge is 0.382 e. The van der Waals surface area contributed by atoms with E-state index in [4.69, 9.17) is 16.3 Å². The number of rotatable bonds is 7. The van der Waals surface area contributed by atoms with Gasteiger partial charge >= 0.3 is 6.18 Å². The number of carbonyl (C=O) groups is 1. The zero-order valence-corrected chi connectivity index (χ0v) is 17.2. The van der Waals surface area contributed by atoms with Gasteiger partial charge in [0, 0.05) is 7.11 Å². The van der Waals surface area contributed by atoms with Crippen molar-refractivity contribution in [2.75, 3.05) is 19.5 Å². The Morgan fingerprint density at radius 2 is 1.90 bits per heavy atom. The molecule has 0 aromatic heterocycles. The average Bonchev–Trinajstić information content (AvgIpc) is 2.67. The number of nitrogens with one attached hydrogen (secondary N) is 1. The van der Waals surface area contributed by atoms with Crippen LogP contribution < -0.4 is 5.32 Å². The first-order chi connectivity index (χ1) is 13.5. The summed E-state index contributed by atoms with van der Waals surface area (Å²) in [4.78, 5) is 12.6. The average molecular weight is 450 g/mol. The van der Waals surface area contributed by atoms with Crippen LogP contribution in [0.25, 0.3) is 0 Å². The maximum Gasteiger partial charge on any atom is 0.416 e. The molecule has 0 saturated carbocycles. The number of hydrogen-bond acceptors (Lipinski definition) is 4. The Kier molecular flexibility index (Phi) is 7.31. The molecule has 0 spiro atoms.